The van der Waals surface area contributed by atoms with Gasteiger partial charge in [-0.1, -0.05) is 19.3 Å². The lowest BCUT2D eigenvalue weighted by Gasteiger charge is -2.33. The van der Waals surface area contributed by atoms with Crippen molar-refractivity contribution < 1.29 is 19.4 Å². The number of carbonyl (C=O) groups excluding carboxylic acids is 1. The number of methoxy groups -OCH3 is 1. The molecule has 1 N–H and O–H groups in total. The van der Waals surface area contributed by atoms with Crippen LogP contribution in [-0.2, 0) is 14.3 Å². The molecular weight excluding hydrogens is 246 g/mol. The molecule has 19 heavy (non-hydrogen) atoms. The Balaban J connectivity index is 2.54. The number of aliphatic carboxylic acids is 1. The first-order valence-electron chi connectivity index (χ1n) is 6.98. The van der Waals surface area contributed by atoms with Gasteiger partial charge in [-0.25, -0.2) is 0 Å². The number of hydrogen-bond donors (Lipinski definition) is 1. The van der Waals surface area contributed by atoms with E-state index in [4.69, 9.17) is 4.74 Å². The van der Waals surface area contributed by atoms with Crippen molar-refractivity contribution in [2.24, 2.45) is 5.41 Å². The molecule has 0 aromatic heterocycles. The highest BCUT2D eigenvalue weighted by Crippen LogP contribution is 2.39. The zero-order valence-corrected chi connectivity index (χ0v) is 12.0. The van der Waals surface area contributed by atoms with Crippen molar-refractivity contribution in [2.75, 3.05) is 27.3 Å². The lowest BCUT2D eigenvalue weighted by Crippen LogP contribution is -2.40. The molecule has 1 rings (SSSR count). The highest BCUT2D eigenvalue weighted by Gasteiger charge is 2.41. The molecule has 1 aliphatic carbocycles. The highest BCUT2D eigenvalue weighted by atomic mass is 16.5. The molecule has 0 spiro atoms. The maximum absolute atomic E-state index is 12.1. The summed E-state index contributed by atoms with van der Waals surface area (Å²) in [5, 5.41) is 9.44. The number of carboxylic acid groups (broad SMARTS) is 1. The van der Waals surface area contributed by atoms with Crippen LogP contribution in [-0.4, -0.2) is 49.2 Å². The molecule has 0 radical (unpaired) electrons. The molecule has 1 amide bonds. The minimum atomic E-state index is -0.829. The Hall–Kier alpha value is -1.10. The normalized spacial score (nSPS) is 18.0. The molecule has 0 aromatic carbocycles. The van der Waals surface area contributed by atoms with Gasteiger partial charge < -0.3 is 14.7 Å². The molecule has 110 valence electrons. The topological polar surface area (TPSA) is 66.8 Å². The second-order valence-electron chi connectivity index (χ2n) is 5.48. The van der Waals surface area contributed by atoms with Gasteiger partial charge in [0.1, 0.15) is 0 Å². The predicted octanol–water partition coefficient (Wildman–Crippen LogP) is 1.91. The van der Waals surface area contributed by atoms with E-state index in [9.17, 15) is 14.7 Å². The zero-order chi connectivity index (χ0) is 14.3. The van der Waals surface area contributed by atoms with Crippen molar-refractivity contribution in [3.8, 4) is 0 Å². The molecule has 0 bridgehead atoms. The van der Waals surface area contributed by atoms with Crippen LogP contribution in [0.2, 0.25) is 0 Å². The molecule has 0 aliphatic heterocycles. The van der Waals surface area contributed by atoms with Gasteiger partial charge in [-0.2, -0.15) is 0 Å². The smallest absolute Gasteiger partial charge is 0.310 e. The van der Waals surface area contributed by atoms with Crippen molar-refractivity contribution in [2.45, 2.75) is 44.9 Å². The van der Waals surface area contributed by atoms with E-state index in [-0.39, 0.29) is 12.3 Å². The second-order valence-corrected chi connectivity index (χ2v) is 5.48. The summed E-state index contributed by atoms with van der Waals surface area (Å²) in [5.41, 5.74) is -0.829. The van der Waals surface area contributed by atoms with E-state index in [0.29, 0.717) is 26.0 Å². The van der Waals surface area contributed by atoms with Gasteiger partial charge in [-0.3, -0.25) is 9.59 Å². The largest absolute Gasteiger partial charge is 0.481 e. The molecular formula is C14H25NO4. The summed E-state index contributed by atoms with van der Waals surface area (Å²) in [7, 11) is 3.36. The zero-order valence-electron chi connectivity index (χ0n) is 12.0. The monoisotopic (exact) mass is 271 g/mol. The van der Waals surface area contributed by atoms with Gasteiger partial charge in [-0.05, 0) is 19.3 Å². The second kappa shape index (κ2) is 7.48. The SMILES string of the molecule is COCCCN(C)C(=O)CC1(C(=O)O)CCCCC1. The lowest BCUT2D eigenvalue weighted by molar-refractivity contribution is -0.155. The van der Waals surface area contributed by atoms with Crippen LogP contribution in [0, 0.1) is 5.41 Å². The van der Waals surface area contributed by atoms with Crippen LogP contribution in [0.5, 0.6) is 0 Å². The molecule has 1 aliphatic rings. The maximum atomic E-state index is 12.1. The number of carboxylic acids is 1. The van der Waals surface area contributed by atoms with Crippen molar-refractivity contribution in [3.63, 3.8) is 0 Å². The van der Waals surface area contributed by atoms with Crippen LogP contribution >= 0.6 is 0 Å². The van der Waals surface area contributed by atoms with Gasteiger partial charge in [0, 0.05) is 33.7 Å². The van der Waals surface area contributed by atoms with E-state index < -0.39 is 11.4 Å². The predicted molar refractivity (Wildman–Crippen MR) is 71.9 cm³/mol. The third kappa shape index (κ3) is 4.49. The molecule has 0 aromatic rings. The fraction of sp³-hybridized carbons (Fsp3) is 0.857. The molecule has 1 saturated carbocycles. The fourth-order valence-electron chi connectivity index (χ4n) is 2.69. The van der Waals surface area contributed by atoms with E-state index in [2.05, 4.69) is 0 Å². The minimum absolute atomic E-state index is 0.0691. The van der Waals surface area contributed by atoms with E-state index in [1.807, 2.05) is 0 Å². The van der Waals surface area contributed by atoms with Gasteiger partial charge in [0.15, 0.2) is 0 Å². The van der Waals surface area contributed by atoms with Crippen LogP contribution < -0.4 is 0 Å². The fourth-order valence-corrected chi connectivity index (χ4v) is 2.69. The van der Waals surface area contributed by atoms with Crippen LogP contribution in [0.25, 0.3) is 0 Å². The average molecular weight is 271 g/mol. The summed E-state index contributed by atoms with van der Waals surface area (Å²) in [6.45, 7) is 1.23. The molecule has 5 heteroatoms. The number of carbonyl (C=O) groups is 2. The Morgan fingerprint density at radius 2 is 1.89 bits per heavy atom. The molecule has 0 saturated heterocycles. The molecule has 0 heterocycles. The summed E-state index contributed by atoms with van der Waals surface area (Å²) >= 11 is 0. The van der Waals surface area contributed by atoms with Crippen LogP contribution in [0.15, 0.2) is 0 Å². The van der Waals surface area contributed by atoms with Crippen LogP contribution in [0.4, 0.5) is 0 Å². The number of hydrogen-bond acceptors (Lipinski definition) is 3. The first-order valence-corrected chi connectivity index (χ1v) is 6.98. The number of ether oxygens (including phenoxy) is 1. The first kappa shape index (κ1) is 16.0. The third-order valence-corrected chi connectivity index (χ3v) is 4.02. The lowest BCUT2D eigenvalue weighted by atomic mass is 9.71. The Morgan fingerprint density at radius 3 is 2.42 bits per heavy atom. The Kier molecular flexibility index (Phi) is 6.28. The van der Waals surface area contributed by atoms with Crippen LogP contribution in [0.1, 0.15) is 44.9 Å². The van der Waals surface area contributed by atoms with E-state index in [1.54, 1.807) is 19.1 Å². The Bertz CT molecular complexity index is 311. The first-order chi connectivity index (χ1) is 9.02. The third-order valence-electron chi connectivity index (χ3n) is 4.02. The van der Waals surface area contributed by atoms with E-state index in [1.165, 1.54) is 0 Å². The number of amides is 1. The quantitative estimate of drug-likeness (QED) is 0.718. The van der Waals surface area contributed by atoms with E-state index in [0.717, 1.165) is 25.7 Å². The summed E-state index contributed by atoms with van der Waals surface area (Å²) in [6.07, 6.45) is 5.05. The molecule has 5 nitrogen and oxygen atoms in total. The Morgan fingerprint density at radius 1 is 1.26 bits per heavy atom. The standard InChI is InChI=1S/C14H25NO4/c1-15(9-6-10-19-2)12(16)11-14(13(17)18)7-4-3-5-8-14/h3-11H2,1-2H3,(H,17,18). The molecule has 0 atom stereocenters. The number of nitrogens with zero attached hydrogens (tertiary/aromatic N) is 1. The summed E-state index contributed by atoms with van der Waals surface area (Å²) in [6, 6.07) is 0. The van der Waals surface area contributed by atoms with Crippen molar-refractivity contribution >= 4 is 11.9 Å². The maximum Gasteiger partial charge on any atom is 0.310 e. The van der Waals surface area contributed by atoms with Gasteiger partial charge >= 0.3 is 5.97 Å². The summed E-state index contributed by atoms with van der Waals surface area (Å²) < 4.78 is 4.95. The van der Waals surface area contributed by atoms with Gasteiger partial charge in [0.05, 0.1) is 5.41 Å². The van der Waals surface area contributed by atoms with Crippen molar-refractivity contribution in [1.82, 2.24) is 4.90 Å². The van der Waals surface area contributed by atoms with Gasteiger partial charge in [0.2, 0.25) is 5.91 Å². The Labute approximate surface area is 114 Å². The molecule has 1 fully saturated rings. The van der Waals surface area contributed by atoms with Crippen molar-refractivity contribution in [1.29, 1.82) is 0 Å². The highest BCUT2D eigenvalue weighted by molar-refractivity contribution is 5.85. The van der Waals surface area contributed by atoms with Crippen LogP contribution in [0.3, 0.4) is 0 Å². The van der Waals surface area contributed by atoms with Gasteiger partial charge in [-0.15, -0.1) is 0 Å². The van der Waals surface area contributed by atoms with Crippen molar-refractivity contribution in [3.05, 3.63) is 0 Å². The van der Waals surface area contributed by atoms with E-state index >= 15 is 0 Å². The average Bonchev–Trinajstić information content (AvgIpc) is 2.39. The molecule has 0 unspecified atom stereocenters. The summed E-state index contributed by atoms with van der Waals surface area (Å²) in [5.74, 6) is -0.883. The minimum Gasteiger partial charge on any atom is -0.481 e. The number of rotatable bonds is 7. The summed E-state index contributed by atoms with van der Waals surface area (Å²) in [4.78, 5) is 25.3. The van der Waals surface area contributed by atoms with Gasteiger partial charge in [0.25, 0.3) is 0 Å².